The molecule has 1 saturated heterocycles. The monoisotopic (exact) mass is 231 g/mol. The highest BCUT2D eigenvalue weighted by Gasteiger charge is 2.31. The van der Waals surface area contributed by atoms with Gasteiger partial charge in [0.15, 0.2) is 0 Å². The van der Waals surface area contributed by atoms with Gasteiger partial charge in [-0.2, -0.15) is 11.8 Å². The van der Waals surface area contributed by atoms with Crippen molar-refractivity contribution in [1.82, 2.24) is 5.32 Å². The average Bonchev–Trinajstić information content (AvgIpc) is 2.45. The van der Waals surface area contributed by atoms with E-state index in [9.17, 15) is 0 Å². The van der Waals surface area contributed by atoms with E-state index >= 15 is 0 Å². The second kappa shape index (κ2) is 5.07. The van der Waals surface area contributed by atoms with Gasteiger partial charge in [0.2, 0.25) is 0 Å². The van der Waals surface area contributed by atoms with E-state index in [0.29, 0.717) is 10.9 Å². The second-order valence-corrected chi connectivity index (χ2v) is 7.15. The molecule has 0 bridgehead atoms. The van der Waals surface area contributed by atoms with Gasteiger partial charge in [-0.25, -0.2) is 0 Å². The topological polar surface area (TPSA) is 21.3 Å². The Labute approximate surface area is 98.5 Å². The molecule has 1 fully saturated rings. The van der Waals surface area contributed by atoms with Crippen LogP contribution in [0, 0.1) is 0 Å². The lowest BCUT2D eigenvalue weighted by Crippen LogP contribution is -2.37. The molecular weight excluding hydrogens is 206 g/mol. The largest absolute Gasteiger partial charge is 0.371 e. The lowest BCUT2D eigenvalue weighted by molar-refractivity contribution is -0.0142. The van der Waals surface area contributed by atoms with E-state index in [1.807, 2.05) is 11.8 Å². The smallest absolute Gasteiger partial charge is 0.0707 e. The highest BCUT2D eigenvalue weighted by Crippen LogP contribution is 2.29. The highest BCUT2D eigenvalue weighted by atomic mass is 32.2. The van der Waals surface area contributed by atoms with Crippen molar-refractivity contribution in [3.05, 3.63) is 0 Å². The third-order valence-corrected chi connectivity index (χ3v) is 4.28. The molecule has 1 atom stereocenters. The van der Waals surface area contributed by atoms with E-state index in [4.69, 9.17) is 4.74 Å². The van der Waals surface area contributed by atoms with Gasteiger partial charge in [0.25, 0.3) is 0 Å². The van der Waals surface area contributed by atoms with Crippen molar-refractivity contribution < 1.29 is 4.74 Å². The van der Waals surface area contributed by atoms with E-state index in [2.05, 4.69) is 39.3 Å². The summed E-state index contributed by atoms with van der Waals surface area (Å²) in [4.78, 5) is 0. The van der Waals surface area contributed by atoms with Crippen LogP contribution < -0.4 is 5.32 Å². The van der Waals surface area contributed by atoms with Gasteiger partial charge in [-0.15, -0.1) is 0 Å². The molecule has 90 valence electrons. The molecule has 0 aromatic rings. The van der Waals surface area contributed by atoms with Crippen molar-refractivity contribution in [2.45, 2.75) is 57.0 Å². The number of nitrogens with one attached hydrogen (secondary N) is 1. The molecule has 0 amide bonds. The summed E-state index contributed by atoms with van der Waals surface area (Å²) in [5, 5.41) is 3.51. The zero-order valence-corrected chi connectivity index (χ0v) is 11.5. The molecule has 1 aliphatic rings. The van der Waals surface area contributed by atoms with E-state index in [-0.39, 0.29) is 5.60 Å². The average molecular weight is 231 g/mol. The quantitative estimate of drug-likeness (QED) is 0.786. The number of rotatable bonds is 5. The van der Waals surface area contributed by atoms with Gasteiger partial charge in [0.1, 0.15) is 0 Å². The lowest BCUT2D eigenvalue weighted by Gasteiger charge is -2.24. The van der Waals surface area contributed by atoms with E-state index in [0.717, 1.165) is 13.1 Å². The molecule has 15 heavy (non-hydrogen) atoms. The van der Waals surface area contributed by atoms with Crippen molar-refractivity contribution in [1.29, 1.82) is 0 Å². The number of thioether (sulfide) groups is 1. The fraction of sp³-hybridized carbons (Fsp3) is 1.00. The molecule has 0 aromatic carbocycles. The number of hydrogen-bond acceptors (Lipinski definition) is 3. The fourth-order valence-electron chi connectivity index (χ4n) is 1.83. The Bertz CT molecular complexity index is 204. The molecule has 1 heterocycles. The van der Waals surface area contributed by atoms with Gasteiger partial charge in [0, 0.05) is 17.8 Å². The van der Waals surface area contributed by atoms with Crippen molar-refractivity contribution in [3.63, 3.8) is 0 Å². The summed E-state index contributed by atoms with van der Waals surface area (Å²) in [7, 11) is 0. The number of ether oxygens (including phenoxy) is 1. The van der Waals surface area contributed by atoms with Gasteiger partial charge < -0.3 is 10.1 Å². The predicted molar refractivity (Wildman–Crippen MR) is 68.6 cm³/mol. The minimum Gasteiger partial charge on any atom is -0.371 e. The Kier molecular flexibility index (Phi) is 4.50. The zero-order chi connectivity index (χ0) is 11.5. The summed E-state index contributed by atoms with van der Waals surface area (Å²) in [5.74, 6) is 0. The second-order valence-electron chi connectivity index (χ2n) is 5.63. The summed E-state index contributed by atoms with van der Waals surface area (Å²) in [6.07, 6.45) is 4.96. The van der Waals surface area contributed by atoms with Gasteiger partial charge >= 0.3 is 0 Å². The molecule has 0 radical (unpaired) electrons. The summed E-state index contributed by atoms with van der Waals surface area (Å²) in [6.45, 7) is 10.9. The molecule has 3 heteroatoms. The maximum Gasteiger partial charge on any atom is 0.0707 e. The molecule has 0 aromatic heterocycles. The van der Waals surface area contributed by atoms with Gasteiger partial charge in [-0.1, -0.05) is 0 Å². The van der Waals surface area contributed by atoms with Crippen LogP contribution in [0.4, 0.5) is 0 Å². The molecule has 0 saturated carbocycles. The molecule has 1 N–H and O–H groups in total. The molecule has 1 rings (SSSR count). The first kappa shape index (κ1) is 13.3. The summed E-state index contributed by atoms with van der Waals surface area (Å²) in [5.41, 5.74) is 0.0986. The van der Waals surface area contributed by atoms with E-state index < -0.39 is 0 Å². The van der Waals surface area contributed by atoms with Crippen LogP contribution in [0.25, 0.3) is 0 Å². The van der Waals surface area contributed by atoms with Crippen LogP contribution in [-0.4, -0.2) is 35.8 Å². The SMILES string of the molecule is CSC(C)(C)CNCC1CCC(C)(C)O1. The molecule has 1 aliphatic heterocycles. The molecule has 2 nitrogen and oxygen atoms in total. The van der Waals surface area contributed by atoms with Crippen LogP contribution in [-0.2, 0) is 4.74 Å². The summed E-state index contributed by atoms with van der Waals surface area (Å²) >= 11 is 1.91. The van der Waals surface area contributed by atoms with Gasteiger partial charge in [-0.3, -0.25) is 0 Å². The van der Waals surface area contributed by atoms with Gasteiger partial charge in [0.05, 0.1) is 11.7 Å². The van der Waals surface area contributed by atoms with Crippen molar-refractivity contribution in [2.24, 2.45) is 0 Å². The van der Waals surface area contributed by atoms with Crippen molar-refractivity contribution in [2.75, 3.05) is 19.3 Å². The Morgan fingerprint density at radius 2 is 2.13 bits per heavy atom. The summed E-state index contributed by atoms with van der Waals surface area (Å²) in [6, 6.07) is 0. The van der Waals surface area contributed by atoms with Crippen LogP contribution >= 0.6 is 11.8 Å². The third-order valence-electron chi connectivity index (χ3n) is 3.03. The minimum atomic E-state index is 0.0986. The maximum absolute atomic E-state index is 5.93. The van der Waals surface area contributed by atoms with E-state index in [1.54, 1.807) is 0 Å². The first-order chi connectivity index (χ1) is 6.85. The van der Waals surface area contributed by atoms with Crippen molar-refractivity contribution in [3.8, 4) is 0 Å². The first-order valence-corrected chi connectivity index (χ1v) is 7.01. The Hall–Kier alpha value is 0.270. The van der Waals surface area contributed by atoms with Crippen LogP contribution in [0.3, 0.4) is 0 Å². The molecule has 0 aliphatic carbocycles. The van der Waals surface area contributed by atoms with Crippen LogP contribution in [0.15, 0.2) is 0 Å². The highest BCUT2D eigenvalue weighted by molar-refractivity contribution is 7.99. The van der Waals surface area contributed by atoms with Crippen molar-refractivity contribution >= 4 is 11.8 Å². The van der Waals surface area contributed by atoms with Crippen LogP contribution in [0.1, 0.15) is 40.5 Å². The molecular formula is C12H25NOS. The maximum atomic E-state index is 5.93. The predicted octanol–water partition coefficient (Wildman–Crippen LogP) is 2.68. The standard InChI is InChI=1S/C12H25NOS/c1-11(2)7-6-10(14-11)8-13-9-12(3,4)15-5/h10,13H,6-9H2,1-5H3. The zero-order valence-electron chi connectivity index (χ0n) is 10.7. The molecule has 0 spiro atoms. The minimum absolute atomic E-state index is 0.0986. The fourth-order valence-corrected chi connectivity index (χ4v) is 2.07. The Morgan fingerprint density at radius 3 is 2.60 bits per heavy atom. The molecule has 1 unspecified atom stereocenters. The third kappa shape index (κ3) is 4.75. The van der Waals surface area contributed by atoms with Crippen LogP contribution in [0.5, 0.6) is 0 Å². The van der Waals surface area contributed by atoms with Crippen LogP contribution in [0.2, 0.25) is 0 Å². The normalized spacial score (nSPS) is 25.8. The Balaban J connectivity index is 2.17. The Morgan fingerprint density at radius 1 is 1.47 bits per heavy atom. The van der Waals surface area contributed by atoms with E-state index in [1.165, 1.54) is 12.8 Å². The summed E-state index contributed by atoms with van der Waals surface area (Å²) < 4.78 is 6.26. The first-order valence-electron chi connectivity index (χ1n) is 5.78. The van der Waals surface area contributed by atoms with Gasteiger partial charge in [-0.05, 0) is 46.8 Å². The lowest BCUT2D eigenvalue weighted by atomic mass is 10.1. The number of hydrogen-bond donors (Lipinski definition) is 1.